The number of carbonyl (C=O) groups excluding carboxylic acids is 2. The van der Waals surface area contributed by atoms with E-state index in [1.165, 1.54) is 11.3 Å². The first-order valence-corrected chi connectivity index (χ1v) is 11.0. The zero-order valence-corrected chi connectivity index (χ0v) is 17.8. The number of rotatable bonds is 7. The molecular weight excluding hydrogens is 390 g/mol. The van der Waals surface area contributed by atoms with Gasteiger partial charge in [-0.2, -0.15) is 0 Å². The van der Waals surface area contributed by atoms with Gasteiger partial charge in [0.25, 0.3) is 5.91 Å². The number of aryl methyl sites for hydroxylation is 1. The van der Waals surface area contributed by atoms with Crippen molar-refractivity contribution in [2.75, 3.05) is 11.9 Å². The van der Waals surface area contributed by atoms with E-state index in [0.29, 0.717) is 16.1 Å². The highest BCUT2D eigenvalue weighted by molar-refractivity contribution is 7.16. The van der Waals surface area contributed by atoms with Crippen LogP contribution in [0.15, 0.2) is 47.8 Å². The van der Waals surface area contributed by atoms with Crippen LogP contribution in [0.1, 0.15) is 62.7 Å². The Morgan fingerprint density at radius 1 is 1.14 bits per heavy atom. The van der Waals surface area contributed by atoms with Gasteiger partial charge >= 0.3 is 5.97 Å². The van der Waals surface area contributed by atoms with E-state index in [1.807, 2.05) is 35.7 Å². The maximum Gasteiger partial charge on any atom is 0.341 e. The molecule has 0 aliphatic heterocycles. The van der Waals surface area contributed by atoms with E-state index in [-0.39, 0.29) is 18.4 Å². The van der Waals surface area contributed by atoms with Gasteiger partial charge in [0.05, 0.1) is 17.7 Å². The average Bonchev–Trinajstić information content (AvgIpc) is 3.35. The van der Waals surface area contributed by atoms with Crippen molar-refractivity contribution < 1.29 is 14.3 Å². The van der Waals surface area contributed by atoms with Gasteiger partial charge in [-0.1, -0.05) is 44.2 Å². The third-order valence-electron chi connectivity index (χ3n) is 4.46. The number of anilines is 1. The van der Waals surface area contributed by atoms with E-state index in [9.17, 15) is 9.59 Å². The number of benzene rings is 1. The van der Waals surface area contributed by atoms with Crippen LogP contribution in [-0.2, 0) is 11.2 Å². The molecule has 0 spiro atoms. The number of hydrogen-bond acceptors (Lipinski definition) is 5. The van der Waals surface area contributed by atoms with E-state index >= 15 is 0 Å². The zero-order chi connectivity index (χ0) is 20.1. The molecule has 1 amide bonds. The minimum absolute atomic E-state index is 0.109. The van der Waals surface area contributed by atoms with Gasteiger partial charge in [-0.25, -0.2) is 4.79 Å². The fourth-order valence-corrected chi connectivity index (χ4v) is 4.78. The molecule has 6 heteroatoms. The molecule has 0 unspecified atom stereocenters. The number of esters is 1. The van der Waals surface area contributed by atoms with Crippen molar-refractivity contribution >= 4 is 39.6 Å². The number of amides is 1. The molecule has 3 aromatic rings. The van der Waals surface area contributed by atoms with E-state index < -0.39 is 5.97 Å². The first-order valence-electron chi connectivity index (χ1n) is 9.28. The standard InChI is InChI=1S/C22H23NO3S2/c1-4-17-11-16(13-27-17)20(24)23-21-18(22(25)26-5-2)12-19(28-21)14(3)15-9-7-6-8-10-15/h6-14H,4-5H2,1-3H3,(H,23,24)/t14-/m0/s1. The molecule has 146 valence electrons. The first kappa shape index (κ1) is 20.3. The Morgan fingerprint density at radius 3 is 2.54 bits per heavy atom. The minimum atomic E-state index is -0.417. The van der Waals surface area contributed by atoms with Crippen molar-refractivity contribution in [3.63, 3.8) is 0 Å². The number of hydrogen-bond donors (Lipinski definition) is 1. The van der Waals surface area contributed by atoms with E-state index in [1.54, 1.807) is 18.3 Å². The molecular formula is C22H23NO3S2. The van der Waals surface area contributed by atoms with Crippen molar-refractivity contribution in [1.82, 2.24) is 0 Å². The molecule has 4 nitrogen and oxygen atoms in total. The van der Waals surface area contributed by atoms with Crippen molar-refractivity contribution in [1.29, 1.82) is 0 Å². The predicted octanol–water partition coefficient (Wildman–Crippen LogP) is 5.95. The number of nitrogens with one attached hydrogen (secondary N) is 1. The Morgan fingerprint density at radius 2 is 1.89 bits per heavy atom. The van der Waals surface area contributed by atoms with Crippen LogP contribution in [0.5, 0.6) is 0 Å². The van der Waals surface area contributed by atoms with Crippen LogP contribution in [0, 0.1) is 0 Å². The average molecular weight is 414 g/mol. The SMILES string of the molecule is CCOC(=O)c1cc([C@@H](C)c2ccccc2)sc1NC(=O)c1csc(CC)c1. The maximum atomic E-state index is 12.7. The Hall–Kier alpha value is -2.44. The number of thiophene rings is 2. The monoisotopic (exact) mass is 413 g/mol. The summed E-state index contributed by atoms with van der Waals surface area (Å²) in [6, 6.07) is 13.8. The summed E-state index contributed by atoms with van der Waals surface area (Å²) in [6.45, 7) is 6.21. The molecule has 0 bridgehead atoms. The molecule has 0 saturated heterocycles. The highest BCUT2D eigenvalue weighted by Crippen LogP contribution is 2.36. The van der Waals surface area contributed by atoms with Crippen LogP contribution >= 0.6 is 22.7 Å². The van der Waals surface area contributed by atoms with Crippen LogP contribution < -0.4 is 5.32 Å². The molecule has 2 aromatic heterocycles. The lowest BCUT2D eigenvalue weighted by molar-refractivity contribution is 0.0528. The summed E-state index contributed by atoms with van der Waals surface area (Å²) < 4.78 is 5.19. The Kier molecular flexibility index (Phi) is 6.65. The second-order valence-electron chi connectivity index (χ2n) is 6.35. The van der Waals surface area contributed by atoms with Gasteiger partial charge in [0.2, 0.25) is 0 Å². The quantitative estimate of drug-likeness (QED) is 0.487. The molecule has 1 aromatic carbocycles. The molecule has 0 saturated carbocycles. The fraction of sp³-hybridized carbons (Fsp3) is 0.273. The molecule has 2 heterocycles. The summed E-state index contributed by atoms with van der Waals surface area (Å²) in [5, 5.41) is 5.30. The van der Waals surface area contributed by atoms with E-state index in [2.05, 4.69) is 31.3 Å². The lowest BCUT2D eigenvalue weighted by atomic mass is 9.99. The normalized spacial score (nSPS) is 11.8. The van der Waals surface area contributed by atoms with Gasteiger partial charge in [0.1, 0.15) is 5.00 Å². The second-order valence-corrected chi connectivity index (χ2v) is 8.43. The first-order chi connectivity index (χ1) is 13.5. The van der Waals surface area contributed by atoms with Crippen LogP contribution in [0.3, 0.4) is 0 Å². The molecule has 0 radical (unpaired) electrons. The summed E-state index contributed by atoms with van der Waals surface area (Å²) in [6.07, 6.45) is 0.893. The molecule has 1 atom stereocenters. The molecule has 28 heavy (non-hydrogen) atoms. The van der Waals surface area contributed by atoms with Crippen molar-refractivity contribution in [2.45, 2.75) is 33.1 Å². The lowest BCUT2D eigenvalue weighted by Gasteiger charge is -2.09. The third kappa shape index (κ3) is 4.51. The maximum absolute atomic E-state index is 12.7. The Balaban J connectivity index is 1.90. The Bertz CT molecular complexity index is 959. The fourth-order valence-electron chi connectivity index (χ4n) is 2.84. The molecule has 0 fully saturated rings. The summed E-state index contributed by atoms with van der Waals surface area (Å²) in [4.78, 5) is 27.3. The van der Waals surface area contributed by atoms with E-state index in [0.717, 1.165) is 21.7 Å². The predicted molar refractivity (Wildman–Crippen MR) is 116 cm³/mol. The Labute approximate surface area is 173 Å². The van der Waals surface area contributed by atoms with Gasteiger partial charge < -0.3 is 10.1 Å². The molecule has 0 aliphatic carbocycles. The third-order valence-corrected chi connectivity index (χ3v) is 6.78. The van der Waals surface area contributed by atoms with Crippen molar-refractivity contribution in [3.05, 3.63) is 74.3 Å². The summed E-state index contributed by atoms with van der Waals surface area (Å²) in [7, 11) is 0. The van der Waals surface area contributed by atoms with Crippen molar-refractivity contribution in [3.8, 4) is 0 Å². The van der Waals surface area contributed by atoms with Gasteiger partial charge in [0, 0.05) is 21.1 Å². The number of carbonyl (C=O) groups is 2. The highest BCUT2D eigenvalue weighted by atomic mass is 32.1. The summed E-state index contributed by atoms with van der Waals surface area (Å²) in [5.74, 6) is -0.514. The molecule has 3 rings (SSSR count). The van der Waals surface area contributed by atoms with E-state index in [4.69, 9.17) is 4.74 Å². The smallest absolute Gasteiger partial charge is 0.341 e. The van der Waals surface area contributed by atoms with Crippen LogP contribution in [0.25, 0.3) is 0 Å². The molecule has 0 aliphatic rings. The topological polar surface area (TPSA) is 55.4 Å². The summed E-state index contributed by atoms with van der Waals surface area (Å²) >= 11 is 2.99. The minimum Gasteiger partial charge on any atom is -0.462 e. The van der Waals surface area contributed by atoms with Gasteiger partial charge in [-0.05, 0) is 31.0 Å². The van der Waals surface area contributed by atoms with Crippen LogP contribution in [0.4, 0.5) is 5.00 Å². The van der Waals surface area contributed by atoms with Crippen molar-refractivity contribution in [2.24, 2.45) is 0 Å². The van der Waals surface area contributed by atoms with Crippen LogP contribution in [0.2, 0.25) is 0 Å². The van der Waals surface area contributed by atoms with Gasteiger partial charge in [-0.3, -0.25) is 4.79 Å². The molecule has 1 N–H and O–H groups in total. The second kappa shape index (κ2) is 9.17. The van der Waals surface area contributed by atoms with Gasteiger partial charge in [0.15, 0.2) is 0 Å². The number of ether oxygens (including phenoxy) is 1. The largest absolute Gasteiger partial charge is 0.462 e. The highest BCUT2D eigenvalue weighted by Gasteiger charge is 2.22. The van der Waals surface area contributed by atoms with Crippen LogP contribution in [-0.4, -0.2) is 18.5 Å². The zero-order valence-electron chi connectivity index (χ0n) is 16.2. The van der Waals surface area contributed by atoms with Gasteiger partial charge in [-0.15, -0.1) is 22.7 Å². The summed E-state index contributed by atoms with van der Waals surface area (Å²) in [5.41, 5.74) is 2.18. The lowest BCUT2D eigenvalue weighted by Crippen LogP contribution is -2.13.